The predicted octanol–water partition coefficient (Wildman–Crippen LogP) is 3.22. The van der Waals surface area contributed by atoms with Crippen LogP contribution in [0.2, 0.25) is 0 Å². The van der Waals surface area contributed by atoms with Crippen LogP contribution in [0.1, 0.15) is 42.7 Å². The van der Waals surface area contributed by atoms with Crippen LogP contribution in [0.3, 0.4) is 0 Å². The molecule has 2 aromatic rings. The van der Waals surface area contributed by atoms with E-state index in [1.165, 1.54) is 22.3 Å². The second-order valence-corrected chi connectivity index (χ2v) is 7.46. The third-order valence-electron chi connectivity index (χ3n) is 5.99. The van der Waals surface area contributed by atoms with Gasteiger partial charge in [-0.1, -0.05) is 61.4 Å². The summed E-state index contributed by atoms with van der Waals surface area (Å²) in [6.45, 7) is 0.395. The Morgan fingerprint density at radius 3 is 2.31 bits per heavy atom. The minimum absolute atomic E-state index is 0.0425. The molecule has 0 saturated heterocycles. The van der Waals surface area contributed by atoms with Gasteiger partial charge in [-0.05, 0) is 35.1 Å². The Bertz CT molecular complexity index is 773. The maximum Gasteiger partial charge on any atom is 0.311 e. The molecule has 1 saturated carbocycles. The predicted molar refractivity (Wildman–Crippen MR) is 101 cm³/mol. The topological polar surface area (TPSA) is 72.5 Å². The normalized spacial score (nSPS) is 24.8. The smallest absolute Gasteiger partial charge is 0.311 e. The maximum atomic E-state index is 12.7. The van der Waals surface area contributed by atoms with Gasteiger partial charge in [0, 0.05) is 12.5 Å². The summed E-state index contributed by atoms with van der Waals surface area (Å²) in [6.07, 6.45) is 3.04. The standard InChI is InChI=1S/C22H25NO3/c23-14-22(25)12-6-5-11-20(22)21(24)26-13-19-17-9-3-1-7-15(17)16-8-2-4-10-18(16)19/h1-4,7-10,19-20,25H,5-6,11-14,23H2. The molecular weight excluding hydrogens is 326 g/mol. The van der Waals surface area contributed by atoms with Crippen molar-refractivity contribution in [2.24, 2.45) is 11.7 Å². The molecule has 26 heavy (non-hydrogen) atoms. The Labute approximate surface area is 154 Å². The van der Waals surface area contributed by atoms with Gasteiger partial charge in [0.25, 0.3) is 0 Å². The first-order valence-electron chi connectivity index (χ1n) is 9.41. The number of benzene rings is 2. The molecule has 0 aromatic heterocycles. The highest BCUT2D eigenvalue weighted by Crippen LogP contribution is 2.44. The van der Waals surface area contributed by atoms with E-state index < -0.39 is 11.5 Å². The molecule has 2 aliphatic carbocycles. The van der Waals surface area contributed by atoms with E-state index in [-0.39, 0.29) is 18.4 Å². The molecule has 0 heterocycles. The summed E-state index contributed by atoms with van der Waals surface area (Å²) < 4.78 is 5.72. The van der Waals surface area contributed by atoms with Crippen LogP contribution < -0.4 is 5.73 Å². The van der Waals surface area contributed by atoms with Crippen molar-refractivity contribution in [2.75, 3.05) is 13.2 Å². The Morgan fingerprint density at radius 2 is 1.69 bits per heavy atom. The molecule has 0 amide bonds. The van der Waals surface area contributed by atoms with E-state index in [0.717, 1.165) is 12.8 Å². The van der Waals surface area contributed by atoms with E-state index in [1.54, 1.807) is 0 Å². The van der Waals surface area contributed by atoms with Gasteiger partial charge < -0.3 is 15.6 Å². The highest BCUT2D eigenvalue weighted by molar-refractivity contribution is 5.79. The van der Waals surface area contributed by atoms with Crippen LogP contribution >= 0.6 is 0 Å². The SMILES string of the molecule is NCC1(O)CCCCC1C(=O)OCC1c2ccccc2-c2ccccc21. The average Bonchev–Trinajstić information content (AvgIpc) is 3.00. The van der Waals surface area contributed by atoms with Crippen LogP contribution in [0.4, 0.5) is 0 Å². The second kappa shape index (κ2) is 6.86. The van der Waals surface area contributed by atoms with Gasteiger partial charge in [-0.2, -0.15) is 0 Å². The van der Waals surface area contributed by atoms with Crippen LogP contribution in [0.15, 0.2) is 48.5 Å². The van der Waals surface area contributed by atoms with Gasteiger partial charge in [-0.3, -0.25) is 4.79 Å². The zero-order valence-electron chi connectivity index (χ0n) is 14.9. The summed E-state index contributed by atoms with van der Waals surface area (Å²) in [5.74, 6) is -0.798. The Kier molecular flexibility index (Phi) is 4.55. The number of rotatable bonds is 4. The van der Waals surface area contributed by atoms with Gasteiger partial charge in [0.1, 0.15) is 6.61 Å². The summed E-state index contributed by atoms with van der Waals surface area (Å²) in [5, 5.41) is 10.7. The number of carbonyl (C=O) groups is 1. The van der Waals surface area contributed by atoms with E-state index in [4.69, 9.17) is 10.5 Å². The number of hydrogen-bond donors (Lipinski definition) is 2. The fraction of sp³-hybridized carbons (Fsp3) is 0.409. The van der Waals surface area contributed by atoms with E-state index in [0.29, 0.717) is 19.4 Å². The average molecular weight is 351 g/mol. The summed E-state index contributed by atoms with van der Waals surface area (Å²) in [6, 6.07) is 16.5. The summed E-state index contributed by atoms with van der Waals surface area (Å²) in [4.78, 5) is 12.7. The molecule has 2 aromatic carbocycles. The van der Waals surface area contributed by atoms with Gasteiger partial charge >= 0.3 is 5.97 Å². The molecule has 3 N–H and O–H groups in total. The van der Waals surface area contributed by atoms with Crippen LogP contribution in [-0.4, -0.2) is 29.8 Å². The van der Waals surface area contributed by atoms with Gasteiger partial charge in [-0.25, -0.2) is 0 Å². The summed E-state index contributed by atoms with van der Waals surface area (Å²) >= 11 is 0. The monoisotopic (exact) mass is 351 g/mol. The fourth-order valence-corrected chi connectivity index (χ4v) is 4.51. The van der Waals surface area contributed by atoms with Crippen molar-refractivity contribution in [1.29, 1.82) is 0 Å². The molecule has 4 rings (SSSR count). The molecule has 0 radical (unpaired) electrons. The minimum Gasteiger partial charge on any atom is -0.464 e. The number of esters is 1. The van der Waals surface area contributed by atoms with E-state index in [9.17, 15) is 9.90 Å². The second-order valence-electron chi connectivity index (χ2n) is 7.46. The Balaban J connectivity index is 1.54. The van der Waals surface area contributed by atoms with Crippen molar-refractivity contribution in [3.05, 3.63) is 59.7 Å². The lowest BCUT2D eigenvalue weighted by molar-refractivity contribution is -0.162. The molecule has 2 unspecified atom stereocenters. The van der Waals surface area contributed by atoms with Crippen molar-refractivity contribution in [1.82, 2.24) is 0 Å². The lowest BCUT2D eigenvalue weighted by Crippen LogP contribution is -2.50. The third kappa shape index (κ3) is 2.83. The lowest BCUT2D eigenvalue weighted by Gasteiger charge is -2.37. The third-order valence-corrected chi connectivity index (χ3v) is 5.99. The van der Waals surface area contributed by atoms with Crippen molar-refractivity contribution >= 4 is 5.97 Å². The van der Waals surface area contributed by atoms with Crippen molar-refractivity contribution in [2.45, 2.75) is 37.2 Å². The molecule has 4 nitrogen and oxygen atoms in total. The summed E-state index contributed by atoms with van der Waals surface area (Å²) in [5.41, 5.74) is 9.43. The van der Waals surface area contributed by atoms with Gasteiger partial charge in [0.05, 0.1) is 11.5 Å². The Morgan fingerprint density at radius 1 is 1.08 bits per heavy atom. The zero-order valence-corrected chi connectivity index (χ0v) is 14.9. The first-order valence-corrected chi connectivity index (χ1v) is 9.41. The van der Waals surface area contributed by atoms with Crippen LogP contribution in [0, 0.1) is 5.92 Å². The summed E-state index contributed by atoms with van der Waals surface area (Å²) in [7, 11) is 0. The number of ether oxygens (including phenoxy) is 1. The number of nitrogens with two attached hydrogens (primary N) is 1. The number of fused-ring (bicyclic) bond motifs is 3. The largest absolute Gasteiger partial charge is 0.464 e. The molecule has 136 valence electrons. The highest BCUT2D eigenvalue weighted by atomic mass is 16.5. The van der Waals surface area contributed by atoms with Gasteiger partial charge in [-0.15, -0.1) is 0 Å². The first-order chi connectivity index (χ1) is 12.6. The van der Waals surface area contributed by atoms with Crippen LogP contribution in [-0.2, 0) is 9.53 Å². The molecule has 1 fully saturated rings. The highest BCUT2D eigenvalue weighted by Gasteiger charge is 2.43. The number of carbonyl (C=O) groups excluding carboxylic acids is 1. The molecule has 0 aliphatic heterocycles. The fourth-order valence-electron chi connectivity index (χ4n) is 4.51. The number of aliphatic hydroxyl groups is 1. The van der Waals surface area contributed by atoms with Crippen molar-refractivity contribution in [3.8, 4) is 11.1 Å². The molecule has 0 spiro atoms. The molecular formula is C22H25NO3. The minimum atomic E-state index is -1.12. The van der Waals surface area contributed by atoms with Crippen molar-refractivity contribution < 1.29 is 14.6 Å². The zero-order chi connectivity index (χ0) is 18.1. The van der Waals surface area contributed by atoms with E-state index in [2.05, 4.69) is 24.3 Å². The van der Waals surface area contributed by atoms with Crippen molar-refractivity contribution in [3.63, 3.8) is 0 Å². The van der Waals surface area contributed by atoms with Gasteiger partial charge in [0.2, 0.25) is 0 Å². The van der Waals surface area contributed by atoms with E-state index in [1.807, 2.05) is 24.3 Å². The molecule has 4 heteroatoms. The van der Waals surface area contributed by atoms with E-state index >= 15 is 0 Å². The molecule has 2 aliphatic rings. The first kappa shape index (κ1) is 17.3. The molecule has 0 bridgehead atoms. The Hall–Kier alpha value is -2.17. The maximum absolute atomic E-state index is 12.7. The number of hydrogen-bond acceptors (Lipinski definition) is 4. The lowest BCUT2D eigenvalue weighted by atomic mass is 9.75. The van der Waals surface area contributed by atoms with Gasteiger partial charge in [0.15, 0.2) is 0 Å². The van der Waals surface area contributed by atoms with Crippen LogP contribution in [0.5, 0.6) is 0 Å². The van der Waals surface area contributed by atoms with Crippen LogP contribution in [0.25, 0.3) is 11.1 Å². The quantitative estimate of drug-likeness (QED) is 0.830. The molecule has 2 atom stereocenters.